The lowest BCUT2D eigenvalue weighted by Gasteiger charge is -2.26. The number of carbonyl (C=O) groups is 2. The first-order valence-corrected chi connectivity index (χ1v) is 9.48. The van der Waals surface area contributed by atoms with E-state index in [1.54, 1.807) is 39.3 Å². The Morgan fingerprint density at radius 2 is 1.93 bits per heavy atom. The van der Waals surface area contributed by atoms with Crippen LogP contribution in [0.5, 0.6) is 0 Å². The van der Waals surface area contributed by atoms with Gasteiger partial charge in [0.25, 0.3) is 5.91 Å². The zero-order valence-electron chi connectivity index (χ0n) is 15.9. The first-order valence-electron chi connectivity index (χ1n) is 8.60. The maximum Gasteiger partial charge on any atom is 0.408 e. The topological polar surface area (TPSA) is 89.5 Å². The van der Waals surface area contributed by atoms with Gasteiger partial charge in [-0.25, -0.2) is 9.78 Å². The third-order valence-corrected chi connectivity index (χ3v) is 4.13. The van der Waals surface area contributed by atoms with E-state index in [1.165, 1.54) is 11.3 Å². The van der Waals surface area contributed by atoms with Gasteiger partial charge in [-0.1, -0.05) is 30.3 Å². The highest BCUT2D eigenvalue weighted by Gasteiger charge is 2.30. The molecule has 7 nitrogen and oxygen atoms in total. The molecule has 2 atom stereocenters. The van der Waals surface area contributed by atoms with Gasteiger partial charge in [-0.3, -0.25) is 4.79 Å². The van der Waals surface area contributed by atoms with Crippen molar-refractivity contribution < 1.29 is 19.1 Å². The molecule has 0 spiro atoms. The van der Waals surface area contributed by atoms with Gasteiger partial charge in [0.2, 0.25) is 0 Å². The molecular weight excluding hydrogens is 366 g/mol. The Bertz CT molecular complexity index is 729. The molecule has 2 rings (SSSR count). The predicted octanol–water partition coefficient (Wildman–Crippen LogP) is 3.58. The molecule has 146 valence electrons. The lowest BCUT2D eigenvalue weighted by Crippen LogP contribution is -2.52. The van der Waals surface area contributed by atoms with E-state index >= 15 is 0 Å². The second-order valence-electron chi connectivity index (χ2n) is 6.95. The number of alkyl carbamates (subject to hydrolysis) is 1. The fourth-order valence-corrected chi connectivity index (χ4v) is 2.73. The number of carbonyl (C=O) groups excluding carboxylic acids is 2. The number of aromatic nitrogens is 1. The quantitative estimate of drug-likeness (QED) is 0.753. The van der Waals surface area contributed by atoms with E-state index in [0.717, 1.165) is 5.56 Å². The van der Waals surface area contributed by atoms with Crippen LogP contribution in [0, 0.1) is 0 Å². The zero-order chi connectivity index (χ0) is 19.9. The summed E-state index contributed by atoms with van der Waals surface area (Å²) in [4.78, 5) is 28.9. The van der Waals surface area contributed by atoms with Crippen LogP contribution < -0.4 is 10.6 Å². The number of anilines is 1. The van der Waals surface area contributed by atoms with Crippen molar-refractivity contribution in [1.82, 2.24) is 10.3 Å². The van der Waals surface area contributed by atoms with E-state index in [4.69, 9.17) is 9.47 Å². The second kappa shape index (κ2) is 9.48. The fraction of sp³-hybridized carbons (Fsp3) is 0.421. The van der Waals surface area contributed by atoms with Crippen LogP contribution in [-0.2, 0) is 20.9 Å². The number of hydrogen-bond acceptors (Lipinski definition) is 6. The van der Waals surface area contributed by atoms with Crippen LogP contribution in [-0.4, -0.2) is 34.7 Å². The highest BCUT2D eigenvalue weighted by atomic mass is 32.1. The normalized spacial score (nSPS) is 13.5. The fourth-order valence-electron chi connectivity index (χ4n) is 2.20. The molecule has 1 aromatic carbocycles. The number of rotatable bonds is 7. The largest absolute Gasteiger partial charge is 0.444 e. The monoisotopic (exact) mass is 391 g/mol. The lowest BCUT2D eigenvalue weighted by molar-refractivity contribution is -0.122. The molecule has 27 heavy (non-hydrogen) atoms. The number of amides is 2. The van der Waals surface area contributed by atoms with Crippen molar-refractivity contribution >= 4 is 28.5 Å². The van der Waals surface area contributed by atoms with Crippen LogP contribution in [0.15, 0.2) is 41.9 Å². The van der Waals surface area contributed by atoms with Crippen molar-refractivity contribution in [3.05, 3.63) is 47.5 Å². The number of nitrogens with zero attached hydrogens (tertiary/aromatic N) is 1. The SMILES string of the molecule is C[C@@H](OCc1ccccc1)[C@H](NC(=O)OC(C)(C)C)C(=O)Nc1nccs1. The van der Waals surface area contributed by atoms with Gasteiger partial charge < -0.3 is 20.1 Å². The third kappa shape index (κ3) is 7.36. The van der Waals surface area contributed by atoms with Gasteiger partial charge in [-0.2, -0.15) is 0 Å². The number of thiazole rings is 1. The van der Waals surface area contributed by atoms with Crippen LogP contribution in [0.4, 0.5) is 9.93 Å². The van der Waals surface area contributed by atoms with E-state index in [2.05, 4.69) is 15.6 Å². The van der Waals surface area contributed by atoms with E-state index in [0.29, 0.717) is 11.7 Å². The highest BCUT2D eigenvalue weighted by Crippen LogP contribution is 2.14. The minimum atomic E-state index is -0.938. The summed E-state index contributed by atoms with van der Waals surface area (Å²) >= 11 is 1.29. The molecule has 2 aromatic rings. The van der Waals surface area contributed by atoms with E-state index in [-0.39, 0.29) is 0 Å². The molecule has 0 saturated heterocycles. The molecule has 0 bridgehead atoms. The first-order chi connectivity index (χ1) is 12.7. The highest BCUT2D eigenvalue weighted by molar-refractivity contribution is 7.13. The van der Waals surface area contributed by atoms with E-state index < -0.39 is 29.7 Å². The van der Waals surface area contributed by atoms with Crippen molar-refractivity contribution in [3.8, 4) is 0 Å². The Balaban J connectivity index is 2.04. The summed E-state index contributed by atoms with van der Waals surface area (Å²) in [6.07, 6.45) is 0.320. The van der Waals surface area contributed by atoms with Gasteiger partial charge in [-0.15, -0.1) is 11.3 Å². The molecule has 0 fully saturated rings. The summed E-state index contributed by atoms with van der Waals surface area (Å²) in [6.45, 7) is 7.32. The summed E-state index contributed by atoms with van der Waals surface area (Å²) in [5, 5.41) is 7.49. The minimum absolute atomic E-state index is 0.318. The van der Waals surface area contributed by atoms with E-state index in [9.17, 15) is 9.59 Å². The molecular formula is C19H25N3O4S. The van der Waals surface area contributed by atoms with Crippen LogP contribution in [0.2, 0.25) is 0 Å². The summed E-state index contributed by atoms with van der Waals surface area (Å²) in [5.41, 5.74) is 0.301. The van der Waals surface area contributed by atoms with Crippen LogP contribution in [0.3, 0.4) is 0 Å². The van der Waals surface area contributed by atoms with Gasteiger partial charge in [-0.05, 0) is 33.3 Å². The maximum atomic E-state index is 12.7. The first kappa shape index (κ1) is 20.9. The summed E-state index contributed by atoms with van der Waals surface area (Å²) in [5.74, 6) is -0.420. The Labute approximate surface area is 163 Å². The smallest absolute Gasteiger partial charge is 0.408 e. The standard InChI is InChI=1S/C19H25N3O4S/c1-13(25-12-14-8-6-5-7-9-14)15(21-18(24)26-19(2,3)4)16(23)22-17-20-10-11-27-17/h5-11,13,15H,12H2,1-4H3,(H,21,24)(H,20,22,23)/t13-,15+/m1/s1. The molecule has 0 aliphatic rings. The van der Waals surface area contributed by atoms with Crippen molar-refractivity contribution in [3.63, 3.8) is 0 Å². The minimum Gasteiger partial charge on any atom is -0.444 e. The average molecular weight is 391 g/mol. The number of ether oxygens (including phenoxy) is 2. The Hall–Kier alpha value is -2.45. The summed E-state index contributed by atoms with van der Waals surface area (Å²) < 4.78 is 11.1. The molecule has 0 unspecified atom stereocenters. The predicted molar refractivity (Wildman–Crippen MR) is 105 cm³/mol. The Morgan fingerprint density at radius 3 is 2.52 bits per heavy atom. The summed E-state index contributed by atoms with van der Waals surface area (Å²) in [7, 11) is 0. The Morgan fingerprint density at radius 1 is 1.22 bits per heavy atom. The summed E-state index contributed by atoms with van der Waals surface area (Å²) in [6, 6.07) is 8.66. The Kier molecular flexibility index (Phi) is 7.32. The second-order valence-corrected chi connectivity index (χ2v) is 7.85. The van der Waals surface area contributed by atoms with Crippen molar-refractivity contribution in [1.29, 1.82) is 0 Å². The van der Waals surface area contributed by atoms with Crippen LogP contribution in [0.1, 0.15) is 33.3 Å². The van der Waals surface area contributed by atoms with Gasteiger partial charge in [0.05, 0.1) is 12.7 Å². The van der Waals surface area contributed by atoms with Crippen LogP contribution >= 0.6 is 11.3 Å². The van der Waals surface area contributed by atoms with Gasteiger partial charge in [0.1, 0.15) is 11.6 Å². The van der Waals surface area contributed by atoms with Gasteiger partial charge in [0.15, 0.2) is 5.13 Å². The molecule has 1 heterocycles. The molecule has 8 heteroatoms. The van der Waals surface area contributed by atoms with E-state index in [1.807, 2.05) is 30.3 Å². The molecule has 0 aliphatic carbocycles. The van der Waals surface area contributed by atoms with Crippen molar-refractivity contribution in [2.24, 2.45) is 0 Å². The molecule has 0 radical (unpaired) electrons. The van der Waals surface area contributed by atoms with Gasteiger partial charge >= 0.3 is 6.09 Å². The molecule has 2 amide bonds. The number of benzene rings is 1. The lowest BCUT2D eigenvalue weighted by atomic mass is 10.1. The number of nitrogens with one attached hydrogen (secondary N) is 2. The third-order valence-electron chi connectivity index (χ3n) is 3.44. The van der Waals surface area contributed by atoms with Gasteiger partial charge in [0, 0.05) is 11.6 Å². The zero-order valence-corrected chi connectivity index (χ0v) is 16.7. The molecule has 2 N–H and O–H groups in total. The number of hydrogen-bond donors (Lipinski definition) is 2. The molecule has 1 aromatic heterocycles. The average Bonchev–Trinajstić information content (AvgIpc) is 3.10. The maximum absolute atomic E-state index is 12.7. The molecule has 0 saturated carbocycles. The van der Waals surface area contributed by atoms with Crippen molar-refractivity contribution in [2.45, 2.75) is 52.0 Å². The van der Waals surface area contributed by atoms with Crippen molar-refractivity contribution in [2.75, 3.05) is 5.32 Å². The van der Waals surface area contributed by atoms with Crippen LogP contribution in [0.25, 0.3) is 0 Å². The molecule has 0 aliphatic heterocycles.